The largest absolute Gasteiger partial charge is 0.379 e. The number of hydrogen-bond acceptors (Lipinski definition) is 9. The van der Waals surface area contributed by atoms with Crippen LogP contribution in [-0.2, 0) is 38.1 Å². The molecule has 0 aromatic carbocycles. The lowest BCUT2D eigenvalue weighted by Crippen LogP contribution is -2.44. The van der Waals surface area contributed by atoms with Crippen molar-refractivity contribution in [3.63, 3.8) is 0 Å². The van der Waals surface area contributed by atoms with Crippen LogP contribution in [0.25, 0.3) is 10.4 Å². The molecule has 0 saturated carbocycles. The Balaban J connectivity index is 5.17. The second-order valence-electron chi connectivity index (χ2n) is 8.99. The van der Waals surface area contributed by atoms with Gasteiger partial charge < -0.3 is 40.2 Å². The predicted molar refractivity (Wildman–Crippen MR) is 147 cm³/mol. The molecule has 4 amide bonds. The van der Waals surface area contributed by atoms with Crippen molar-refractivity contribution in [3.05, 3.63) is 10.4 Å². The average Bonchev–Trinajstić information content (AvgIpc) is 2.95. The molecule has 15 heteroatoms. The number of carbonyl (C=O) groups excluding carboxylic acids is 4. The molecule has 0 aliphatic rings. The van der Waals surface area contributed by atoms with Crippen LogP contribution in [0, 0.1) is 5.41 Å². The third-order valence-corrected chi connectivity index (χ3v) is 5.45. The quantitative estimate of drug-likeness (QED) is 0.0521. The Morgan fingerprint density at radius 3 is 1.30 bits per heavy atom. The predicted octanol–water partition coefficient (Wildman–Crippen LogP) is 0.433. The van der Waals surface area contributed by atoms with Gasteiger partial charge in [-0.05, 0) is 12.5 Å². The second kappa shape index (κ2) is 23.9. The minimum atomic E-state index is -0.839. The summed E-state index contributed by atoms with van der Waals surface area (Å²) >= 11 is 0. The number of azide groups is 1. The fraction of sp³-hybridized carbons (Fsp3) is 0.840. The zero-order valence-electron chi connectivity index (χ0n) is 24.3. The fourth-order valence-corrected chi connectivity index (χ4v) is 3.09. The molecular formula is C25H47N7O8. The second-order valence-corrected chi connectivity index (χ2v) is 8.99. The van der Waals surface area contributed by atoms with Gasteiger partial charge in [-0.3, -0.25) is 19.2 Å². The van der Waals surface area contributed by atoms with Gasteiger partial charge in [-0.25, -0.2) is 0 Å². The lowest BCUT2D eigenvalue weighted by molar-refractivity contribution is -0.123. The molecule has 0 bridgehead atoms. The van der Waals surface area contributed by atoms with E-state index in [0.717, 1.165) is 0 Å². The normalized spacial score (nSPS) is 11.7. The number of hydrogen-bond donors (Lipinski definition) is 4. The molecule has 1 unspecified atom stereocenters. The Bertz CT molecular complexity index is 729. The van der Waals surface area contributed by atoms with E-state index in [4.69, 9.17) is 24.5 Å². The molecule has 0 spiro atoms. The molecule has 0 radical (unpaired) electrons. The van der Waals surface area contributed by atoms with Crippen LogP contribution in [0.3, 0.4) is 0 Å². The first-order valence-electron chi connectivity index (χ1n) is 13.7. The summed E-state index contributed by atoms with van der Waals surface area (Å²) in [6.45, 7) is 9.64. The standard InChI is InChI=1S/C25H47N7O8/c1-5-21(33)27-8-12-37-16-25(17-38-13-9-28-22(34)6-2,18-39-14-10-29-23(35)7-3)19-40-15-11-30-24(36)20(4)31-32-26/h20H,5-19H2,1-4H3,(H,27,33)(H,28,34)(H,29,35)(H,30,36). The molecule has 0 aliphatic carbocycles. The van der Waals surface area contributed by atoms with E-state index in [-0.39, 0.29) is 77.1 Å². The molecule has 0 aromatic heterocycles. The van der Waals surface area contributed by atoms with Crippen molar-refractivity contribution in [3.8, 4) is 0 Å². The van der Waals surface area contributed by atoms with E-state index in [2.05, 4.69) is 31.3 Å². The van der Waals surface area contributed by atoms with Crippen LogP contribution in [0.5, 0.6) is 0 Å². The van der Waals surface area contributed by atoms with E-state index in [9.17, 15) is 19.2 Å². The molecule has 0 rings (SSSR count). The van der Waals surface area contributed by atoms with Crippen LogP contribution < -0.4 is 21.3 Å². The maximum Gasteiger partial charge on any atom is 0.228 e. The van der Waals surface area contributed by atoms with Crippen LogP contribution in [0.15, 0.2) is 5.11 Å². The summed E-state index contributed by atoms with van der Waals surface area (Å²) in [4.78, 5) is 49.1. The summed E-state index contributed by atoms with van der Waals surface area (Å²) in [6, 6.07) is -0.839. The zero-order chi connectivity index (χ0) is 30.1. The van der Waals surface area contributed by atoms with Gasteiger partial charge in [-0.1, -0.05) is 25.9 Å². The number of nitrogens with zero attached hydrogens (tertiary/aromatic N) is 3. The number of nitrogens with one attached hydrogen (secondary N) is 4. The van der Waals surface area contributed by atoms with Gasteiger partial charge in [0.05, 0.1) is 58.3 Å². The minimum Gasteiger partial charge on any atom is -0.379 e. The van der Waals surface area contributed by atoms with E-state index in [1.165, 1.54) is 6.92 Å². The molecule has 0 heterocycles. The van der Waals surface area contributed by atoms with Gasteiger partial charge in [0.25, 0.3) is 0 Å². The van der Waals surface area contributed by atoms with Gasteiger partial charge >= 0.3 is 0 Å². The Morgan fingerprint density at radius 2 is 1.00 bits per heavy atom. The highest BCUT2D eigenvalue weighted by Gasteiger charge is 2.32. The van der Waals surface area contributed by atoms with Crippen molar-refractivity contribution in [1.82, 2.24) is 21.3 Å². The summed E-state index contributed by atoms with van der Waals surface area (Å²) in [6.07, 6.45) is 1.13. The number of ether oxygens (including phenoxy) is 4. The Kier molecular flexibility index (Phi) is 22.1. The molecular weight excluding hydrogens is 526 g/mol. The first-order chi connectivity index (χ1) is 19.2. The van der Waals surface area contributed by atoms with Gasteiger partial charge in [0, 0.05) is 50.4 Å². The maximum absolute atomic E-state index is 11.9. The van der Waals surface area contributed by atoms with Gasteiger partial charge in [0.1, 0.15) is 6.04 Å². The van der Waals surface area contributed by atoms with Gasteiger partial charge in [0.15, 0.2) is 0 Å². The van der Waals surface area contributed by atoms with E-state index in [1.54, 1.807) is 20.8 Å². The van der Waals surface area contributed by atoms with Crippen molar-refractivity contribution in [2.45, 2.75) is 53.0 Å². The van der Waals surface area contributed by atoms with Crippen LogP contribution in [0.2, 0.25) is 0 Å². The van der Waals surface area contributed by atoms with Crippen molar-refractivity contribution >= 4 is 23.6 Å². The summed E-state index contributed by atoms with van der Waals surface area (Å²) in [5, 5.41) is 14.2. The lowest BCUT2D eigenvalue weighted by Gasteiger charge is -2.33. The molecule has 230 valence electrons. The van der Waals surface area contributed by atoms with Gasteiger partial charge in [-0.15, -0.1) is 0 Å². The summed E-state index contributed by atoms with van der Waals surface area (Å²) in [5.74, 6) is -0.653. The third kappa shape index (κ3) is 19.1. The van der Waals surface area contributed by atoms with Gasteiger partial charge in [0.2, 0.25) is 23.6 Å². The highest BCUT2D eigenvalue weighted by Crippen LogP contribution is 2.21. The zero-order valence-corrected chi connectivity index (χ0v) is 24.3. The van der Waals surface area contributed by atoms with Crippen LogP contribution in [-0.4, -0.2) is 109 Å². The topological polar surface area (TPSA) is 202 Å². The monoisotopic (exact) mass is 573 g/mol. The van der Waals surface area contributed by atoms with Crippen LogP contribution >= 0.6 is 0 Å². The molecule has 40 heavy (non-hydrogen) atoms. The first-order valence-corrected chi connectivity index (χ1v) is 13.7. The Labute approximate surface area is 236 Å². The summed E-state index contributed by atoms with van der Waals surface area (Å²) in [5.41, 5.74) is 7.71. The molecule has 15 nitrogen and oxygen atoms in total. The summed E-state index contributed by atoms with van der Waals surface area (Å²) < 4.78 is 23.4. The number of carbonyl (C=O) groups is 4. The highest BCUT2D eigenvalue weighted by atomic mass is 16.5. The van der Waals surface area contributed by atoms with E-state index >= 15 is 0 Å². The third-order valence-electron chi connectivity index (χ3n) is 5.45. The Morgan fingerprint density at radius 1 is 0.675 bits per heavy atom. The molecule has 0 fully saturated rings. The molecule has 0 aliphatic heterocycles. The SMILES string of the molecule is CCC(=O)NCCOCC(COCCNC(=O)CC)(COCCNC(=O)CC)COCCNC(=O)C(C)N=[N+]=[N-]. The molecule has 1 atom stereocenters. The van der Waals surface area contributed by atoms with E-state index in [0.29, 0.717) is 38.9 Å². The maximum atomic E-state index is 11.9. The first kappa shape index (κ1) is 37.0. The number of rotatable bonds is 25. The van der Waals surface area contributed by atoms with Crippen molar-refractivity contribution < 1.29 is 38.1 Å². The minimum absolute atomic E-state index is 0.0788. The molecule has 4 N–H and O–H groups in total. The van der Waals surface area contributed by atoms with Crippen LogP contribution in [0.1, 0.15) is 47.0 Å². The summed E-state index contributed by atoms with van der Waals surface area (Å²) in [7, 11) is 0. The van der Waals surface area contributed by atoms with Crippen molar-refractivity contribution in [1.29, 1.82) is 0 Å². The molecule has 0 saturated heterocycles. The fourth-order valence-electron chi connectivity index (χ4n) is 3.09. The highest BCUT2D eigenvalue weighted by molar-refractivity contribution is 5.81. The van der Waals surface area contributed by atoms with Crippen LogP contribution in [0.4, 0.5) is 0 Å². The van der Waals surface area contributed by atoms with Crippen molar-refractivity contribution in [2.24, 2.45) is 10.5 Å². The lowest BCUT2D eigenvalue weighted by atomic mass is 9.92. The van der Waals surface area contributed by atoms with E-state index < -0.39 is 17.4 Å². The van der Waals surface area contributed by atoms with Crippen molar-refractivity contribution in [2.75, 3.05) is 79.0 Å². The van der Waals surface area contributed by atoms with Gasteiger partial charge in [-0.2, -0.15) is 0 Å². The van der Waals surface area contributed by atoms with E-state index in [1.807, 2.05) is 0 Å². The smallest absolute Gasteiger partial charge is 0.228 e. The number of amides is 4. The average molecular weight is 574 g/mol. The Hall–Kier alpha value is -2.97. The molecule has 0 aromatic rings.